The van der Waals surface area contributed by atoms with Crippen LogP contribution in [0.25, 0.3) is 11.0 Å². The van der Waals surface area contributed by atoms with E-state index in [1.807, 2.05) is 35.2 Å². The summed E-state index contributed by atoms with van der Waals surface area (Å²) in [5.74, 6) is 0.326. The van der Waals surface area contributed by atoms with Crippen LogP contribution in [0.2, 0.25) is 0 Å². The highest BCUT2D eigenvalue weighted by atomic mass is 16.7. The molecule has 2 unspecified atom stereocenters. The van der Waals surface area contributed by atoms with Crippen molar-refractivity contribution in [2.24, 2.45) is 0 Å². The second-order valence-corrected chi connectivity index (χ2v) is 8.47. The molecule has 2 aliphatic heterocycles. The number of nitrogens with zero attached hydrogens (tertiary/aromatic N) is 1. The molecule has 1 saturated heterocycles. The van der Waals surface area contributed by atoms with E-state index >= 15 is 0 Å². The number of benzene rings is 1. The summed E-state index contributed by atoms with van der Waals surface area (Å²) in [5, 5.41) is 10.1. The van der Waals surface area contributed by atoms with Crippen molar-refractivity contribution in [2.45, 2.75) is 63.6 Å². The van der Waals surface area contributed by atoms with Gasteiger partial charge in [0.2, 0.25) is 6.29 Å². The van der Waals surface area contributed by atoms with Crippen LogP contribution in [0.1, 0.15) is 62.8 Å². The van der Waals surface area contributed by atoms with Gasteiger partial charge in [0.1, 0.15) is 5.58 Å². The molecule has 31 heavy (non-hydrogen) atoms. The van der Waals surface area contributed by atoms with Gasteiger partial charge >= 0.3 is 0 Å². The summed E-state index contributed by atoms with van der Waals surface area (Å²) in [5.41, 5.74) is 1.90. The Labute approximate surface area is 183 Å². The summed E-state index contributed by atoms with van der Waals surface area (Å²) < 4.78 is 17.8. The van der Waals surface area contributed by atoms with E-state index < -0.39 is 6.29 Å². The molecule has 0 bridgehead atoms. The van der Waals surface area contributed by atoms with Gasteiger partial charge in [-0.25, -0.2) is 0 Å². The molecule has 6 heteroatoms. The molecule has 2 atom stereocenters. The molecule has 4 rings (SSSR count). The van der Waals surface area contributed by atoms with Gasteiger partial charge in [0, 0.05) is 43.0 Å². The number of ether oxygens (including phenoxy) is 2. The minimum Gasteiger partial charge on any atom is -0.464 e. The third kappa shape index (κ3) is 5.49. The number of allylic oxidation sites excluding steroid dienone is 1. The van der Waals surface area contributed by atoms with Crippen LogP contribution in [0.3, 0.4) is 0 Å². The number of carbonyl (C=O) groups excluding carboxylic acids is 1. The number of fused-ring (bicyclic) bond motifs is 1. The molecule has 0 spiro atoms. The Morgan fingerprint density at radius 1 is 1.10 bits per heavy atom. The number of likely N-dealkylation sites (tertiary alicyclic amines) is 1. The molecule has 0 radical (unpaired) electrons. The van der Waals surface area contributed by atoms with Crippen molar-refractivity contribution in [3.8, 4) is 0 Å². The Kier molecular flexibility index (Phi) is 7.65. The smallest absolute Gasteiger partial charge is 0.288 e. The van der Waals surface area contributed by atoms with Gasteiger partial charge in [-0.1, -0.05) is 37.5 Å². The van der Waals surface area contributed by atoms with Gasteiger partial charge in [-0.3, -0.25) is 4.79 Å². The van der Waals surface area contributed by atoms with E-state index in [4.69, 9.17) is 19.0 Å². The van der Waals surface area contributed by atoms with Crippen molar-refractivity contribution in [2.75, 3.05) is 26.3 Å². The van der Waals surface area contributed by atoms with E-state index in [9.17, 15) is 4.79 Å². The van der Waals surface area contributed by atoms with Gasteiger partial charge in [0.05, 0.1) is 12.9 Å². The van der Waals surface area contributed by atoms with Gasteiger partial charge in [-0.15, -0.1) is 0 Å². The van der Waals surface area contributed by atoms with Crippen molar-refractivity contribution >= 4 is 16.9 Å². The lowest BCUT2D eigenvalue weighted by atomic mass is 9.92. The van der Waals surface area contributed by atoms with Crippen molar-refractivity contribution < 1.29 is 23.8 Å². The van der Waals surface area contributed by atoms with E-state index in [0.717, 1.165) is 48.9 Å². The lowest BCUT2D eigenvalue weighted by Crippen LogP contribution is -2.38. The summed E-state index contributed by atoms with van der Waals surface area (Å²) in [6.07, 6.45) is 11.0. The highest BCUT2D eigenvalue weighted by Crippen LogP contribution is 2.36. The largest absolute Gasteiger partial charge is 0.464 e. The van der Waals surface area contributed by atoms with Crippen LogP contribution in [0, 0.1) is 0 Å². The number of rotatable bonds is 7. The zero-order chi connectivity index (χ0) is 21.5. The molecular weight excluding hydrogens is 394 g/mol. The summed E-state index contributed by atoms with van der Waals surface area (Å²) in [4.78, 5) is 15.3. The molecule has 6 nitrogen and oxygen atoms in total. The fraction of sp³-hybridized carbons (Fsp3) is 0.560. The normalized spacial score (nSPS) is 22.5. The molecule has 2 aliphatic rings. The number of carbonyl (C=O) groups is 1. The van der Waals surface area contributed by atoms with Crippen LogP contribution in [-0.2, 0) is 14.3 Å². The van der Waals surface area contributed by atoms with Gasteiger partial charge in [-0.2, -0.15) is 0 Å². The second-order valence-electron chi connectivity index (χ2n) is 8.47. The molecule has 0 aliphatic carbocycles. The molecule has 1 aromatic heterocycles. The van der Waals surface area contributed by atoms with Gasteiger partial charge in [0.25, 0.3) is 5.91 Å². The zero-order valence-electron chi connectivity index (χ0n) is 18.1. The molecule has 1 N–H and O–H groups in total. The quantitative estimate of drug-likeness (QED) is 0.647. The Balaban J connectivity index is 1.56. The van der Waals surface area contributed by atoms with Crippen molar-refractivity contribution in [3.05, 3.63) is 47.9 Å². The average Bonchev–Trinajstić information content (AvgIpc) is 3.20. The monoisotopic (exact) mass is 427 g/mol. The first-order valence-electron chi connectivity index (χ1n) is 11.6. The number of aliphatic hydroxyl groups excluding tert-OH is 1. The van der Waals surface area contributed by atoms with E-state index in [1.165, 1.54) is 19.3 Å². The van der Waals surface area contributed by atoms with Crippen LogP contribution in [0.5, 0.6) is 0 Å². The van der Waals surface area contributed by atoms with Crippen LogP contribution in [-0.4, -0.2) is 48.5 Å². The molecule has 1 amide bonds. The fourth-order valence-electron chi connectivity index (χ4n) is 4.45. The Morgan fingerprint density at radius 2 is 1.87 bits per heavy atom. The number of hydrogen-bond acceptors (Lipinski definition) is 5. The lowest BCUT2D eigenvalue weighted by molar-refractivity contribution is -0.153. The maximum Gasteiger partial charge on any atom is 0.288 e. The first-order chi connectivity index (χ1) is 15.3. The molecule has 1 aromatic carbocycles. The number of para-hydroxylation sites is 1. The number of amides is 1. The van der Waals surface area contributed by atoms with E-state index in [-0.39, 0.29) is 18.4 Å². The third-order valence-electron chi connectivity index (χ3n) is 6.18. The standard InChI is InChI=1S/C25H33NO5/c27-14-8-9-15-29-24-17-19(21-18-30-22-11-5-4-10-20(21)22)16-23(31-24)25(28)26-12-6-2-1-3-7-13-26/h4-5,10-11,16,18-19,24,27H,1-3,6-9,12-15,17H2. The topological polar surface area (TPSA) is 72.1 Å². The molecule has 3 heterocycles. The average molecular weight is 428 g/mol. The second kappa shape index (κ2) is 10.8. The van der Waals surface area contributed by atoms with E-state index in [1.54, 1.807) is 6.26 Å². The van der Waals surface area contributed by atoms with Crippen molar-refractivity contribution in [1.29, 1.82) is 0 Å². The summed E-state index contributed by atoms with van der Waals surface area (Å²) in [6.45, 7) is 2.20. The summed E-state index contributed by atoms with van der Waals surface area (Å²) in [6, 6.07) is 7.96. The Morgan fingerprint density at radius 3 is 2.68 bits per heavy atom. The first kappa shape index (κ1) is 21.9. The Hall–Kier alpha value is -2.31. The summed E-state index contributed by atoms with van der Waals surface area (Å²) >= 11 is 0. The zero-order valence-corrected chi connectivity index (χ0v) is 18.1. The molecule has 2 aromatic rings. The molecule has 0 saturated carbocycles. The lowest BCUT2D eigenvalue weighted by Gasteiger charge is -2.32. The van der Waals surface area contributed by atoms with E-state index in [0.29, 0.717) is 25.2 Å². The molecular formula is C25H33NO5. The van der Waals surface area contributed by atoms with Crippen LogP contribution < -0.4 is 0 Å². The first-order valence-corrected chi connectivity index (χ1v) is 11.6. The van der Waals surface area contributed by atoms with Gasteiger partial charge in [0.15, 0.2) is 5.76 Å². The number of hydrogen-bond donors (Lipinski definition) is 1. The van der Waals surface area contributed by atoms with Gasteiger partial charge < -0.3 is 23.9 Å². The van der Waals surface area contributed by atoms with Gasteiger partial charge in [-0.05, 0) is 37.8 Å². The number of furan rings is 1. The minimum absolute atomic E-state index is 0.0195. The summed E-state index contributed by atoms with van der Waals surface area (Å²) in [7, 11) is 0. The highest BCUT2D eigenvalue weighted by molar-refractivity contribution is 5.92. The maximum atomic E-state index is 13.3. The van der Waals surface area contributed by atoms with E-state index in [2.05, 4.69) is 0 Å². The van der Waals surface area contributed by atoms with Crippen molar-refractivity contribution in [3.63, 3.8) is 0 Å². The van der Waals surface area contributed by atoms with Crippen LogP contribution >= 0.6 is 0 Å². The molecule has 1 fully saturated rings. The number of unbranched alkanes of at least 4 members (excludes halogenated alkanes) is 1. The van der Waals surface area contributed by atoms with Crippen LogP contribution in [0.4, 0.5) is 0 Å². The SMILES string of the molecule is O=C(C1=CC(c2coc3ccccc23)CC(OCCCCO)O1)N1CCCCCCC1. The predicted molar refractivity (Wildman–Crippen MR) is 118 cm³/mol. The fourth-order valence-corrected chi connectivity index (χ4v) is 4.45. The predicted octanol–water partition coefficient (Wildman–Crippen LogP) is 4.73. The minimum atomic E-state index is -0.490. The molecule has 168 valence electrons. The Bertz CT molecular complexity index is 881. The highest BCUT2D eigenvalue weighted by Gasteiger charge is 2.32. The number of aliphatic hydroxyl groups is 1. The maximum absolute atomic E-state index is 13.3. The third-order valence-corrected chi connectivity index (χ3v) is 6.18. The van der Waals surface area contributed by atoms with Crippen LogP contribution in [0.15, 0.2) is 46.8 Å². The van der Waals surface area contributed by atoms with Crippen molar-refractivity contribution in [1.82, 2.24) is 4.90 Å².